The van der Waals surface area contributed by atoms with Gasteiger partial charge in [-0.1, -0.05) is 75.6 Å². The lowest BCUT2D eigenvalue weighted by molar-refractivity contribution is 0.966. The maximum atomic E-state index is 5.12. The number of fused-ring (bicyclic) bond motifs is 1. The van der Waals surface area contributed by atoms with Crippen molar-refractivity contribution in [1.82, 2.24) is 0 Å². The number of hydrogen-bond donors (Lipinski definition) is 0. The predicted molar refractivity (Wildman–Crippen MR) is 132 cm³/mol. The molecule has 0 saturated heterocycles. The lowest BCUT2D eigenvalue weighted by Gasteiger charge is -2.28. The number of hydrogen-bond acceptors (Lipinski definition) is 1. The maximum absolute atomic E-state index is 5.12. The average molecular weight is 394 g/mol. The van der Waals surface area contributed by atoms with Gasteiger partial charge in [0.2, 0.25) is 0 Å². The minimum atomic E-state index is -0.0553. The second-order valence-corrected chi connectivity index (χ2v) is 7.64. The summed E-state index contributed by atoms with van der Waals surface area (Å²) in [5.74, 6) is 0. The van der Waals surface area contributed by atoms with Crippen molar-refractivity contribution in [2.75, 3.05) is 0 Å². The van der Waals surface area contributed by atoms with Crippen molar-refractivity contribution in [2.24, 2.45) is 4.99 Å². The Balaban J connectivity index is 2.10. The van der Waals surface area contributed by atoms with Gasteiger partial charge >= 0.3 is 0 Å². The first-order valence-corrected chi connectivity index (χ1v) is 10.7. The van der Waals surface area contributed by atoms with Crippen LogP contribution in [0.1, 0.15) is 49.4 Å². The first-order chi connectivity index (χ1) is 14.5. The van der Waals surface area contributed by atoms with E-state index in [1.807, 2.05) is 12.2 Å². The zero-order valence-corrected chi connectivity index (χ0v) is 18.6. The molecule has 3 rings (SSSR count). The van der Waals surface area contributed by atoms with E-state index < -0.39 is 0 Å². The summed E-state index contributed by atoms with van der Waals surface area (Å²) in [6.07, 6.45) is 9.92. The summed E-state index contributed by atoms with van der Waals surface area (Å²) in [5, 5.41) is 0. The van der Waals surface area contributed by atoms with Crippen molar-refractivity contribution in [1.29, 1.82) is 0 Å². The van der Waals surface area contributed by atoms with Crippen molar-refractivity contribution in [3.63, 3.8) is 0 Å². The summed E-state index contributed by atoms with van der Waals surface area (Å²) in [6, 6.07) is 13.4. The van der Waals surface area contributed by atoms with Crippen molar-refractivity contribution in [3.8, 4) is 11.1 Å². The lowest BCUT2D eigenvalue weighted by atomic mass is 9.81. The molecule has 0 bridgehead atoms. The van der Waals surface area contributed by atoms with Crippen molar-refractivity contribution in [3.05, 3.63) is 107 Å². The molecule has 1 aliphatic rings. The van der Waals surface area contributed by atoms with E-state index in [-0.39, 0.29) is 6.04 Å². The van der Waals surface area contributed by atoms with Crippen LogP contribution in [0.5, 0.6) is 0 Å². The van der Waals surface area contributed by atoms with E-state index in [1.54, 1.807) is 0 Å². The molecule has 1 atom stereocenters. The summed E-state index contributed by atoms with van der Waals surface area (Å²) in [6.45, 7) is 16.7. The van der Waals surface area contributed by atoms with Crippen LogP contribution < -0.4 is 0 Å². The zero-order valence-electron chi connectivity index (χ0n) is 18.6. The fraction of sp³-hybridized carbons (Fsp3) is 0.241. The summed E-state index contributed by atoms with van der Waals surface area (Å²) in [7, 11) is 0. The van der Waals surface area contributed by atoms with Crippen LogP contribution in [0, 0.1) is 6.92 Å². The molecule has 0 aromatic heterocycles. The van der Waals surface area contributed by atoms with E-state index in [9.17, 15) is 0 Å². The van der Waals surface area contributed by atoms with Crippen LogP contribution in [0.2, 0.25) is 0 Å². The predicted octanol–water partition coefficient (Wildman–Crippen LogP) is 7.66. The number of aryl methyl sites for hydroxylation is 2. The molecule has 1 aliphatic heterocycles. The Kier molecular flexibility index (Phi) is 6.87. The molecule has 1 nitrogen and oxygen atoms in total. The molecule has 0 radical (unpaired) electrons. The normalized spacial score (nSPS) is 16.3. The van der Waals surface area contributed by atoms with E-state index in [1.165, 1.54) is 33.4 Å². The van der Waals surface area contributed by atoms with Gasteiger partial charge in [0, 0.05) is 11.3 Å². The lowest BCUT2D eigenvalue weighted by Crippen LogP contribution is -2.22. The number of benzene rings is 2. The number of nitrogens with zero attached hydrogens (tertiary/aromatic N) is 1. The molecular formula is C29H31N. The van der Waals surface area contributed by atoms with Crippen molar-refractivity contribution >= 4 is 11.3 Å². The summed E-state index contributed by atoms with van der Waals surface area (Å²) < 4.78 is 0. The highest BCUT2D eigenvalue weighted by molar-refractivity contribution is 6.09. The third-order valence-electron chi connectivity index (χ3n) is 5.76. The van der Waals surface area contributed by atoms with Crippen LogP contribution in [-0.4, -0.2) is 11.8 Å². The molecule has 0 N–H and O–H groups in total. The molecule has 0 spiro atoms. The maximum Gasteiger partial charge on any atom is 0.1000 e. The molecular weight excluding hydrogens is 362 g/mol. The van der Waals surface area contributed by atoms with Gasteiger partial charge < -0.3 is 0 Å². The molecule has 2 aromatic rings. The highest BCUT2D eigenvalue weighted by Gasteiger charge is 2.27. The zero-order chi connectivity index (χ0) is 21.7. The number of rotatable bonds is 6. The van der Waals surface area contributed by atoms with Crippen molar-refractivity contribution in [2.45, 2.75) is 46.6 Å². The SMILES string of the molecule is C=C=C/C=C\C(=C/C)C1N=C(CC)c2cc(-c3ccc(CC)cc3)cc(C)c2C1=C. The first-order valence-electron chi connectivity index (χ1n) is 10.7. The number of aliphatic imine (C=N–C) groups is 1. The third-order valence-corrected chi connectivity index (χ3v) is 5.76. The Morgan fingerprint density at radius 1 is 1.10 bits per heavy atom. The topological polar surface area (TPSA) is 12.4 Å². The fourth-order valence-corrected chi connectivity index (χ4v) is 4.11. The molecule has 0 saturated carbocycles. The van der Waals surface area contributed by atoms with Crippen molar-refractivity contribution < 1.29 is 0 Å². The molecule has 0 fully saturated rings. The van der Waals surface area contributed by atoms with E-state index in [0.29, 0.717) is 0 Å². The monoisotopic (exact) mass is 393 g/mol. The van der Waals surface area contributed by atoms with Crippen LogP contribution in [0.4, 0.5) is 0 Å². The highest BCUT2D eigenvalue weighted by Crippen LogP contribution is 2.38. The van der Waals surface area contributed by atoms with Gasteiger partial charge in [-0.25, -0.2) is 0 Å². The smallest absolute Gasteiger partial charge is 0.1000 e. The van der Waals surface area contributed by atoms with Crippen LogP contribution in [0.15, 0.2) is 90.2 Å². The Morgan fingerprint density at radius 3 is 2.43 bits per heavy atom. The summed E-state index contributed by atoms with van der Waals surface area (Å²) >= 11 is 0. The molecule has 1 heteroatoms. The Labute approximate surface area is 181 Å². The first kappa shape index (κ1) is 21.6. The van der Waals surface area contributed by atoms with Gasteiger partial charge in [0.1, 0.15) is 0 Å². The van der Waals surface area contributed by atoms with Crippen LogP contribution in [-0.2, 0) is 6.42 Å². The second kappa shape index (κ2) is 9.57. The third kappa shape index (κ3) is 4.22. The van der Waals surface area contributed by atoms with Gasteiger partial charge in [0.15, 0.2) is 0 Å². The molecule has 1 unspecified atom stereocenters. The largest absolute Gasteiger partial charge is 0.276 e. The van der Waals surface area contributed by atoms with E-state index in [2.05, 4.69) is 95.1 Å². The Bertz CT molecular complexity index is 1080. The standard InChI is InChI=1S/C29H31N/c1-7-11-12-13-23(9-3)29-21(6)28-20(5)18-25(19-26(28)27(10-4)30-29)24-16-14-22(8-2)15-17-24/h9,11-19,29H,1,6,8,10H2,2-5H3/b13-12-,23-9+. The van der Waals surface area contributed by atoms with E-state index in [4.69, 9.17) is 4.99 Å². The molecule has 0 aliphatic carbocycles. The molecule has 0 amide bonds. The van der Waals surface area contributed by atoms with E-state index >= 15 is 0 Å². The van der Waals surface area contributed by atoms with Gasteiger partial charge in [0.25, 0.3) is 0 Å². The molecule has 30 heavy (non-hydrogen) atoms. The fourth-order valence-electron chi connectivity index (χ4n) is 4.11. The van der Waals surface area contributed by atoms with Crippen LogP contribution >= 0.6 is 0 Å². The Morgan fingerprint density at radius 2 is 1.83 bits per heavy atom. The molecule has 1 heterocycles. The van der Waals surface area contributed by atoms with Gasteiger partial charge in [-0.05, 0) is 77.8 Å². The van der Waals surface area contributed by atoms with Gasteiger partial charge in [-0.3, -0.25) is 4.99 Å². The molecule has 2 aromatic carbocycles. The summed E-state index contributed by atoms with van der Waals surface area (Å²) in [4.78, 5) is 5.12. The highest BCUT2D eigenvalue weighted by atomic mass is 14.8. The van der Waals surface area contributed by atoms with Crippen LogP contribution in [0.25, 0.3) is 16.7 Å². The minimum absolute atomic E-state index is 0.0553. The van der Waals surface area contributed by atoms with Crippen LogP contribution in [0.3, 0.4) is 0 Å². The van der Waals surface area contributed by atoms with Gasteiger partial charge in [0.05, 0.1) is 6.04 Å². The quantitative estimate of drug-likeness (QED) is 0.353. The summed E-state index contributed by atoms with van der Waals surface area (Å²) in [5.41, 5.74) is 13.7. The van der Waals surface area contributed by atoms with E-state index in [0.717, 1.165) is 29.7 Å². The van der Waals surface area contributed by atoms with Gasteiger partial charge in [-0.2, -0.15) is 0 Å². The molecule has 152 valence electrons. The minimum Gasteiger partial charge on any atom is -0.276 e. The van der Waals surface area contributed by atoms with Gasteiger partial charge in [-0.15, -0.1) is 5.73 Å². The Hall–Kier alpha value is -3.15. The second-order valence-electron chi connectivity index (χ2n) is 7.64. The average Bonchev–Trinajstić information content (AvgIpc) is 2.77. The number of allylic oxidation sites excluding steroid dienone is 3.